The molecule has 0 bridgehead atoms. The van der Waals surface area contributed by atoms with Gasteiger partial charge in [-0.25, -0.2) is 0 Å². The van der Waals surface area contributed by atoms with Gasteiger partial charge in [-0.3, -0.25) is 4.98 Å². The predicted molar refractivity (Wildman–Crippen MR) is 86.5 cm³/mol. The zero-order valence-electron chi connectivity index (χ0n) is 13.3. The van der Waals surface area contributed by atoms with Crippen molar-refractivity contribution in [2.45, 2.75) is 39.3 Å². The van der Waals surface area contributed by atoms with Gasteiger partial charge >= 0.3 is 0 Å². The van der Waals surface area contributed by atoms with Crippen molar-refractivity contribution in [3.05, 3.63) is 59.4 Å². The van der Waals surface area contributed by atoms with Gasteiger partial charge < -0.3 is 10.1 Å². The van der Waals surface area contributed by atoms with Crippen LogP contribution < -0.4 is 10.1 Å². The normalized spacial score (nSPS) is 11.4. The van der Waals surface area contributed by atoms with Gasteiger partial charge in [0, 0.05) is 12.7 Å². The fourth-order valence-electron chi connectivity index (χ4n) is 2.06. The Bertz CT molecular complexity index is 553. The quantitative estimate of drug-likeness (QED) is 0.909. The van der Waals surface area contributed by atoms with Crippen LogP contribution in [-0.4, -0.2) is 12.0 Å². The summed E-state index contributed by atoms with van der Waals surface area (Å²) in [7, 11) is 1.93. The van der Waals surface area contributed by atoms with Gasteiger partial charge in [-0.15, -0.1) is 0 Å². The molecule has 1 aromatic carbocycles. The number of hydrogen-bond donors (Lipinski definition) is 1. The largest absolute Gasteiger partial charge is 0.487 e. The molecular weight excluding hydrogens is 260 g/mol. The Morgan fingerprint density at radius 3 is 2.29 bits per heavy atom. The van der Waals surface area contributed by atoms with Crippen LogP contribution in [0.3, 0.4) is 0 Å². The Balaban J connectivity index is 1.93. The SMILES string of the molecule is CNCc1ccc(COc2ccc(C(C)(C)C)cc2)nc1. The van der Waals surface area contributed by atoms with Gasteiger partial charge in [-0.2, -0.15) is 0 Å². The van der Waals surface area contributed by atoms with Crippen molar-refractivity contribution in [2.75, 3.05) is 7.05 Å². The topological polar surface area (TPSA) is 34.1 Å². The van der Waals surface area contributed by atoms with Gasteiger partial charge in [-0.1, -0.05) is 39.0 Å². The van der Waals surface area contributed by atoms with E-state index < -0.39 is 0 Å². The predicted octanol–water partition coefficient (Wildman–Crippen LogP) is 3.68. The van der Waals surface area contributed by atoms with E-state index in [2.05, 4.69) is 49.3 Å². The first-order valence-corrected chi connectivity index (χ1v) is 7.31. The average molecular weight is 284 g/mol. The molecule has 0 radical (unpaired) electrons. The molecule has 2 aromatic rings. The summed E-state index contributed by atoms with van der Waals surface area (Å²) < 4.78 is 5.78. The van der Waals surface area contributed by atoms with Crippen LogP contribution in [-0.2, 0) is 18.6 Å². The maximum Gasteiger partial charge on any atom is 0.130 e. The summed E-state index contributed by atoms with van der Waals surface area (Å²) >= 11 is 0. The minimum atomic E-state index is 0.170. The van der Waals surface area contributed by atoms with E-state index in [0.717, 1.165) is 18.0 Å². The highest BCUT2D eigenvalue weighted by Gasteiger charge is 2.12. The molecule has 0 saturated heterocycles. The Morgan fingerprint density at radius 1 is 1.05 bits per heavy atom. The number of ether oxygens (including phenoxy) is 1. The van der Waals surface area contributed by atoms with Crippen molar-refractivity contribution < 1.29 is 4.74 Å². The molecule has 0 amide bonds. The fraction of sp³-hybridized carbons (Fsp3) is 0.389. The molecule has 112 valence electrons. The van der Waals surface area contributed by atoms with Gasteiger partial charge in [0.05, 0.1) is 5.69 Å². The smallest absolute Gasteiger partial charge is 0.130 e. The van der Waals surface area contributed by atoms with Crippen molar-refractivity contribution >= 4 is 0 Å². The standard InChI is InChI=1S/C18H24N2O/c1-18(2,3)15-6-9-17(10-7-15)21-13-16-8-5-14(11-19-4)12-20-16/h5-10,12,19H,11,13H2,1-4H3. The van der Waals surface area contributed by atoms with Crippen molar-refractivity contribution in [1.82, 2.24) is 10.3 Å². The zero-order chi connectivity index (χ0) is 15.3. The highest BCUT2D eigenvalue weighted by molar-refractivity contribution is 5.31. The number of hydrogen-bond acceptors (Lipinski definition) is 3. The third kappa shape index (κ3) is 4.57. The lowest BCUT2D eigenvalue weighted by Gasteiger charge is -2.19. The molecule has 21 heavy (non-hydrogen) atoms. The van der Waals surface area contributed by atoms with E-state index >= 15 is 0 Å². The summed E-state index contributed by atoms with van der Waals surface area (Å²) in [6, 6.07) is 12.4. The Morgan fingerprint density at radius 2 is 1.76 bits per heavy atom. The number of nitrogens with zero attached hydrogens (tertiary/aromatic N) is 1. The number of pyridine rings is 1. The van der Waals surface area contributed by atoms with E-state index in [1.165, 1.54) is 11.1 Å². The zero-order valence-corrected chi connectivity index (χ0v) is 13.3. The molecule has 0 aliphatic carbocycles. The molecule has 0 unspecified atom stereocenters. The lowest BCUT2D eigenvalue weighted by molar-refractivity contribution is 0.301. The number of rotatable bonds is 5. The van der Waals surface area contributed by atoms with Crippen LogP contribution >= 0.6 is 0 Å². The monoisotopic (exact) mass is 284 g/mol. The van der Waals surface area contributed by atoms with Crippen LogP contribution in [0.2, 0.25) is 0 Å². The molecule has 0 spiro atoms. The second-order valence-corrected chi connectivity index (χ2v) is 6.25. The molecule has 0 saturated carbocycles. The minimum Gasteiger partial charge on any atom is -0.487 e. The molecule has 2 rings (SSSR count). The van der Waals surface area contributed by atoms with Crippen LogP contribution in [0.4, 0.5) is 0 Å². The van der Waals surface area contributed by atoms with Crippen molar-refractivity contribution in [3.63, 3.8) is 0 Å². The van der Waals surface area contributed by atoms with E-state index in [1.807, 2.05) is 31.4 Å². The minimum absolute atomic E-state index is 0.170. The lowest BCUT2D eigenvalue weighted by atomic mass is 9.87. The van der Waals surface area contributed by atoms with Crippen LogP contribution in [0.1, 0.15) is 37.6 Å². The maximum absolute atomic E-state index is 5.78. The van der Waals surface area contributed by atoms with Gasteiger partial charge in [0.2, 0.25) is 0 Å². The first-order valence-electron chi connectivity index (χ1n) is 7.31. The van der Waals surface area contributed by atoms with Gasteiger partial charge in [0.25, 0.3) is 0 Å². The molecule has 1 aromatic heterocycles. The molecule has 0 atom stereocenters. The van der Waals surface area contributed by atoms with E-state index in [0.29, 0.717) is 6.61 Å². The number of aromatic nitrogens is 1. The Labute approximate surface area is 127 Å². The molecule has 0 fully saturated rings. The molecule has 3 nitrogen and oxygen atoms in total. The summed E-state index contributed by atoms with van der Waals surface area (Å²) in [6.45, 7) is 7.95. The summed E-state index contributed by atoms with van der Waals surface area (Å²) in [4.78, 5) is 4.40. The molecular formula is C18H24N2O. The highest BCUT2D eigenvalue weighted by atomic mass is 16.5. The number of nitrogens with one attached hydrogen (secondary N) is 1. The molecule has 3 heteroatoms. The molecule has 0 aliphatic rings. The third-order valence-electron chi connectivity index (χ3n) is 3.37. The third-order valence-corrected chi connectivity index (χ3v) is 3.37. The summed E-state index contributed by atoms with van der Waals surface area (Å²) in [5.74, 6) is 0.879. The van der Waals surface area contributed by atoms with Crippen LogP contribution in [0.25, 0.3) is 0 Å². The van der Waals surface area contributed by atoms with Crippen molar-refractivity contribution in [1.29, 1.82) is 0 Å². The first-order chi connectivity index (χ1) is 9.99. The van der Waals surface area contributed by atoms with Crippen LogP contribution in [0.5, 0.6) is 5.75 Å². The summed E-state index contributed by atoms with van der Waals surface area (Å²) in [5, 5.41) is 3.11. The van der Waals surface area contributed by atoms with E-state index in [-0.39, 0.29) is 5.41 Å². The highest BCUT2D eigenvalue weighted by Crippen LogP contribution is 2.24. The Hall–Kier alpha value is -1.87. The maximum atomic E-state index is 5.78. The van der Waals surface area contributed by atoms with E-state index in [1.54, 1.807) is 0 Å². The van der Waals surface area contributed by atoms with Gasteiger partial charge in [-0.05, 0) is 41.8 Å². The molecule has 1 heterocycles. The Kier molecular flexibility index (Phi) is 4.97. The van der Waals surface area contributed by atoms with E-state index in [4.69, 9.17) is 4.74 Å². The second kappa shape index (κ2) is 6.72. The van der Waals surface area contributed by atoms with Crippen molar-refractivity contribution in [2.24, 2.45) is 0 Å². The van der Waals surface area contributed by atoms with Crippen LogP contribution in [0, 0.1) is 0 Å². The summed E-state index contributed by atoms with van der Waals surface area (Å²) in [6.07, 6.45) is 1.89. The van der Waals surface area contributed by atoms with Crippen molar-refractivity contribution in [3.8, 4) is 5.75 Å². The number of benzene rings is 1. The fourth-order valence-corrected chi connectivity index (χ4v) is 2.06. The van der Waals surface area contributed by atoms with E-state index in [9.17, 15) is 0 Å². The average Bonchev–Trinajstić information content (AvgIpc) is 2.46. The lowest BCUT2D eigenvalue weighted by Crippen LogP contribution is -2.10. The molecule has 0 aliphatic heterocycles. The second-order valence-electron chi connectivity index (χ2n) is 6.25. The molecule has 1 N–H and O–H groups in total. The van der Waals surface area contributed by atoms with Gasteiger partial charge in [0.1, 0.15) is 12.4 Å². The van der Waals surface area contributed by atoms with Gasteiger partial charge in [0.15, 0.2) is 0 Å². The van der Waals surface area contributed by atoms with Crippen LogP contribution in [0.15, 0.2) is 42.6 Å². The first kappa shape index (κ1) is 15.5. The summed E-state index contributed by atoms with van der Waals surface area (Å²) in [5.41, 5.74) is 3.60.